The molecule has 1 radical (unpaired) electrons. The smallest absolute Gasteiger partial charge is 0.0970 e. The lowest BCUT2D eigenvalue weighted by atomic mass is 10.00. The Bertz CT molecular complexity index is 609. The van der Waals surface area contributed by atoms with Crippen LogP contribution < -0.4 is 0 Å². The molecule has 3 aromatic rings. The van der Waals surface area contributed by atoms with Gasteiger partial charge in [-0.25, -0.2) is 0 Å². The Kier molecular flexibility index (Phi) is 2.15. The monoisotopic (exact) mass is 204 g/mol. The summed E-state index contributed by atoms with van der Waals surface area (Å²) >= 11 is 0. The Hall–Kier alpha value is -2.15. The average molecular weight is 204 g/mol. The molecular formula is C15H10N. The van der Waals surface area contributed by atoms with E-state index in [1.807, 2.05) is 24.3 Å². The zero-order valence-electron chi connectivity index (χ0n) is 8.72. The van der Waals surface area contributed by atoms with Gasteiger partial charge in [0, 0.05) is 11.6 Å². The second kappa shape index (κ2) is 3.78. The van der Waals surface area contributed by atoms with E-state index < -0.39 is 0 Å². The molecule has 0 bridgehead atoms. The highest BCUT2D eigenvalue weighted by molar-refractivity contribution is 5.95. The molecule has 0 aliphatic heterocycles. The Morgan fingerprint density at radius 1 is 0.812 bits per heavy atom. The van der Waals surface area contributed by atoms with E-state index in [-0.39, 0.29) is 0 Å². The lowest BCUT2D eigenvalue weighted by Crippen LogP contribution is -1.81. The third-order valence-electron chi connectivity index (χ3n) is 2.69. The van der Waals surface area contributed by atoms with Crippen LogP contribution in [0.25, 0.3) is 21.9 Å². The third-order valence-corrected chi connectivity index (χ3v) is 2.69. The third kappa shape index (κ3) is 1.47. The first-order valence-electron chi connectivity index (χ1n) is 5.26. The highest BCUT2D eigenvalue weighted by atomic mass is 14.6. The van der Waals surface area contributed by atoms with Crippen molar-refractivity contribution in [3.05, 3.63) is 67.0 Å². The minimum atomic E-state index is 1.06. The molecule has 75 valence electrons. The summed E-state index contributed by atoms with van der Waals surface area (Å²) in [6.45, 7) is 0. The van der Waals surface area contributed by atoms with Crippen molar-refractivity contribution in [1.82, 2.24) is 4.98 Å². The first kappa shape index (κ1) is 9.10. The molecule has 0 unspecified atom stereocenters. The second-order valence-electron chi connectivity index (χ2n) is 3.69. The number of hydrogen-bond acceptors (Lipinski definition) is 1. The zero-order chi connectivity index (χ0) is 10.8. The number of pyridine rings is 1. The number of benzene rings is 2. The Morgan fingerprint density at radius 3 is 2.56 bits per heavy atom. The van der Waals surface area contributed by atoms with Crippen molar-refractivity contribution in [1.29, 1.82) is 0 Å². The second-order valence-corrected chi connectivity index (χ2v) is 3.69. The van der Waals surface area contributed by atoms with Crippen LogP contribution in [-0.2, 0) is 0 Å². The van der Waals surface area contributed by atoms with Crippen LogP contribution in [0.1, 0.15) is 0 Å². The van der Waals surface area contributed by atoms with Gasteiger partial charge in [0.25, 0.3) is 0 Å². The lowest BCUT2D eigenvalue weighted by Gasteiger charge is -2.05. The molecule has 0 fully saturated rings. The minimum absolute atomic E-state index is 1.06. The number of hydrogen-bond donors (Lipinski definition) is 0. The molecule has 3 rings (SSSR count). The molecule has 0 spiro atoms. The molecule has 0 aliphatic rings. The fourth-order valence-electron chi connectivity index (χ4n) is 1.93. The van der Waals surface area contributed by atoms with Crippen molar-refractivity contribution in [2.75, 3.05) is 0 Å². The molecule has 1 heterocycles. The van der Waals surface area contributed by atoms with Gasteiger partial charge in [-0.15, -0.1) is 0 Å². The fraction of sp³-hybridized carbons (Fsp3) is 0. The van der Waals surface area contributed by atoms with E-state index in [2.05, 4.69) is 41.5 Å². The maximum Gasteiger partial charge on any atom is 0.0970 e. The van der Waals surface area contributed by atoms with Gasteiger partial charge in [-0.3, -0.25) is 4.98 Å². The van der Waals surface area contributed by atoms with Crippen LogP contribution in [0, 0.1) is 6.20 Å². The average Bonchev–Trinajstić information content (AvgIpc) is 2.39. The number of aromatic nitrogens is 1. The largest absolute Gasteiger partial charge is 0.254 e. The van der Waals surface area contributed by atoms with Gasteiger partial charge in [0.2, 0.25) is 0 Å². The quantitative estimate of drug-likeness (QED) is 0.589. The van der Waals surface area contributed by atoms with Crippen LogP contribution in [0.2, 0.25) is 0 Å². The van der Waals surface area contributed by atoms with Gasteiger partial charge in [-0.1, -0.05) is 48.5 Å². The molecule has 0 atom stereocenters. The molecule has 2 aromatic carbocycles. The topological polar surface area (TPSA) is 12.9 Å². The number of fused-ring (bicyclic) bond motifs is 1. The summed E-state index contributed by atoms with van der Waals surface area (Å²) in [7, 11) is 0. The van der Waals surface area contributed by atoms with Gasteiger partial charge >= 0.3 is 0 Å². The minimum Gasteiger partial charge on any atom is -0.254 e. The predicted octanol–water partition coefficient (Wildman–Crippen LogP) is 3.70. The SMILES string of the molecule is [c]1nccc2c(-c3ccccc3)cccc12. The van der Waals surface area contributed by atoms with Gasteiger partial charge < -0.3 is 0 Å². The summed E-state index contributed by atoms with van der Waals surface area (Å²) in [5.74, 6) is 0. The van der Waals surface area contributed by atoms with Crippen molar-refractivity contribution in [3.8, 4) is 11.1 Å². The summed E-state index contributed by atoms with van der Waals surface area (Å²) < 4.78 is 0. The molecule has 1 nitrogen and oxygen atoms in total. The van der Waals surface area contributed by atoms with Crippen molar-refractivity contribution >= 4 is 10.8 Å². The van der Waals surface area contributed by atoms with Crippen LogP contribution in [0.5, 0.6) is 0 Å². The highest BCUT2D eigenvalue weighted by Gasteiger charge is 2.02. The fourth-order valence-corrected chi connectivity index (χ4v) is 1.93. The van der Waals surface area contributed by atoms with Gasteiger partial charge in [0.15, 0.2) is 0 Å². The summed E-state index contributed by atoms with van der Waals surface area (Å²) in [4.78, 5) is 4.02. The molecule has 1 aromatic heterocycles. The van der Waals surface area contributed by atoms with E-state index in [0.717, 1.165) is 5.39 Å². The van der Waals surface area contributed by atoms with Crippen LogP contribution >= 0.6 is 0 Å². The molecule has 0 saturated carbocycles. The van der Waals surface area contributed by atoms with Crippen molar-refractivity contribution in [3.63, 3.8) is 0 Å². The van der Waals surface area contributed by atoms with E-state index >= 15 is 0 Å². The Morgan fingerprint density at radius 2 is 1.69 bits per heavy atom. The summed E-state index contributed by atoms with van der Waals surface area (Å²) in [5, 5.41) is 2.26. The van der Waals surface area contributed by atoms with E-state index in [1.54, 1.807) is 6.20 Å². The van der Waals surface area contributed by atoms with Gasteiger partial charge in [0.1, 0.15) is 0 Å². The molecule has 0 N–H and O–H groups in total. The molecule has 0 aliphatic carbocycles. The van der Waals surface area contributed by atoms with Crippen LogP contribution in [0.4, 0.5) is 0 Å². The van der Waals surface area contributed by atoms with E-state index in [0.29, 0.717) is 0 Å². The van der Waals surface area contributed by atoms with E-state index in [9.17, 15) is 0 Å². The standard InChI is InChI=1S/C15H10N/c1-2-5-12(6-3-1)14-8-4-7-13-11-16-10-9-15(13)14/h1-10H. The number of rotatable bonds is 1. The van der Waals surface area contributed by atoms with Crippen molar-refractivity contribution in [2.45, 2.75) is 0 Å². The van der Waals surface area contributed by atoms with Crippen LogP contribution in [0.15, 0.2) is 60.8 Å². The zero-order valence-corrected chi connectivity index (χ0v) is 8.72. The molecule has 1 heteroatoms. The lowest BCUT2D eigenvalue weighted by molar-refractivity contribution is 1.35. The first-order chi connectivity index (χ1) is 7.95. The molecule has 16 heavy (non-hydrogen) atoms. The first-order valence-corrected chi connectivity index (χ1v) is 5.26. The van der Waals surface area contributed by atoms with Crippen molar-refractivity contribution in [2.24, 2.45) is 0 Å². The van der Waals surface area contributed by atoms with E-state index in [1.165, 1.54) is 16.5 Å². The van der Waals surface area contributed by atoms with Crippen LogP contribution in [-0.4, -0.2) is 4.98 Å². The summed E-state index contributed by atoms with van der Waals surface area (Å²) in [6, 6.07) is 18.6. The predicted molar refractivity (Wildman–Crippen MR) is 66.0 cm³/mol. The van der Waals surface area contributed by atoms with Gasteiger partial charge in [-0.2, -0.15) is 0 Å². The maximum absolute atomic E-state index is 4.02. The molecule has 0 amide bonds. The summed E-state index contributed by atoms with van der Waals surface area (Å²) in [6.07, 6.45) is 4.80. The van der Waals surface area contributed by atoms with Crippen LogP contribution in [0.3, 0.4) is 0 Å². The number of nitrogens with zero attached hydrogens (tertiary/aromatic N) is 1. The Balaban J connectivity index is 2.32. The molecule has 0 saturated heterocycles. The highest BCUT2D eigenvalue weighted by Crippen LogP contribution is 2.27. The summed E-state index contributed by atoms with van der Waals surface area (Å²) in [5.41, 5.74) is 2.46. The Labute approximate surface area is 94.4 Å². The van der Waals surface area contributed by atoms with Gasteiger partial charge in [0.05, 0.1) is 6.20 Å². The van der Waals surface area contributed by atoms with Gasteiger partial charge in [-0.05, 0) is 22.6 Å². The molecular weight excluding hydrogens is 194 g/mol. The van der Waals surface area contributed by atoms with E-state index in [4.69, 9.17) is 0 Å². The van der Waals surface area contributed by atoms with Crippen molar-refractivity contribution < 1.29 is 0 Å². The maximum atomic E-state index is 4.02. The normalized spacial score (nSPS) is 10.5.